The Kier molecular flexibility index (Phi) is 4.12. The molecule has 0 aromatic rings. The van der Waals surface area contributed by atoms with Gasteiger partial charge in [0.05, 0.1) is 6.61 Å². The van der Waals surface area contributed by atoms with E-state index in [9.17, 15) is 9.59 Å². The van der Waals surface area contributed by atoms with Gasteiger partial charge in [0.25, 0.3) is 0 Å². The molecule has 1 aliphatic rings. The Morgan fingerprint density at radius 3 is 2.53 bits per heavy atom. The molecule has 0 spiro atoms. The van der Waals surface area contributed by atoms with E-state index in [0.29, 0.717) is 24.9 Å². The van der Waals surface area contributed by atoms with Gasteiger partial charge in [-0.15, -0.1) is 0 Å². The van der Waals surface area contributed by atoms with E-state index in [4.69, 9.17) is 0 Å². The van der Waals surface area contributed by atoms with Crippen molar-refractivity contribution >= 4 is 11.9 Å². The van der Waals surface area contributed by atoms with E-state index in [-0.39, 0.29) is 6.61 Å². The average molecular weight is 213 g/mol. The fourth-order valence-corrected chi connectivity index (χ4v) is 1.77. The number of ether oxygens (including phenoxy) is 1. The van der Waals surface area contributed by atoms with Gasteiger partial charge in [0, 0.05) is 13.1 Å². The number of esters is 1. The first-order valence-corrected chi connectivity index (χ1v) is 5.52. The van der Waals surface area contributed by atoms with Gasteiger partial charge in [-0.25, -0.2) is 4.79 Å². The zero-order chi connectivity index (χ0) is 11.4. The molecule has 2 atom stereocenters. The van der Waals surface area contributed by atoms with Gasteiger partial charge in [-0.3, -0.25) is 4.79 Å². The smallest absolute Gasteiger partial charge is 0.397 e. The molecule has 1 aliphatic heterocycles. The molecule has 0 saturated carbocycles. The molecule has 0 radical (unpaired) electrons. The van der Waals surface area contributed by atoms with Crippen molar-refractivity contribution in [2.75, 3.05) is 19.7 Å². The molecule has 0 aromatic heterocycles. The Morgan fingerprint density at radius 2 is 2.00 bits per heavy atom. The van der Waals surface area contributed by atoms with Crippen LogP contribution in [0.15, 0.2) is 0 Å². The van der Waals surface area contributed by atoms with Crippen LogP contribution >= 0.6 is 0 Å². The molecular formula is C11H19NO3. The monoisotopic (exact) mass is 213 g/mol. The highest BCUT2D eigenvalue weighted by molar-refractivity contribution is 6.32. The first-order chi connectivity index (χ1) is 7.06. The number of carbonyl (C=O) groups excluding carboxylic acids is 2. The minimum absolute atomic E-state index is 0.254. The molecule has 1 saturated heterocycles. The maximum Gasteiger partial charge on any atom is 0.397 e. The molecule has 1 amide bonds. The largest absolute Gasteiger partial charge is 0.459 e. The van der Waals surface area contributed by atoms with Crippen molar-refractivity contribution in [1.29, 1.82) is 0 Å². The van der Waals surface area contributed by atoms with Crippen LogP contribution in [0.4, 0.5) is 0 Å². The summed E-state index contributed by atoms with van der Waals surface area (Å²) in [4.78, 5) is 24.4. The standard InChI is InChI=1S/C11H19NO3/c1-4-15-11(14)10(13)12-6-5-8(2)9(3)7-12/h8-9H,4-7H2,1-3H3. The number of hydrogen-bond donors (Lipinski definition) is 0. The van der Waals surface area contributed by atoms with Crippen molar-refractivity contribution in [3.8, 4) is 0 Å². The van der Waals surface area contributed by atoms with Crippen molar-refractivity contribution < 1.29 is 14.3 Å². The fourth-order valence-electron chi connectivity index (χ4n) is 1.77. The molecule has 4 nitrogen and oxygen atoms in total. The molecule has 0 aromatic carbocycles. The summed E-state index contributed by atoms with van der Waals surface area (Å²) in [6.45, 7) is 7.57. The topological polar surface area (TPSA) is 46.6 Å². The molecule has 4 heteroatoms. The number of likely N-dealkylation sites (tertiary alicyclic amines) is 1. The van der Waals surface area contributed by atoms with Crippen LogP contribution in [0.5, 0.6) is 0 Å². The second kappa shape index (κ2) is 5.14. The van der Waals surface area contributed by atoms with Crippen LogP contribution in [0.2, 0.25) is 0 Å². The Bertz CT molecular complexity index is 252. The van der Waals surface area contributed by atoms with Gasteiger partial charge in [0.2, 0.25) is 0 Å². The summed E-state index contributed by atoms with van der Waals surface area (Å²) in [5, 5.41) is 0. The van der Waals surface area contributed by atoms with Gasteiger partial charge >= 0.3 is 11.9 Å². The predicted molar refractivity (Wildman–Crippen MR) is 56.2 cm³/mol. The number of piperidine rings is 1. The number of carbonyl (C=O) groups is 2. The Hall–Kier alpha value is -1.06. The van der Waals surface area contributed by atoms with Crippen LogP contribution in [0, 0.1) is 11.8 Å². The zero-order valence-electron chi connectivity index (χ0n) is 9.66. The van der Waals surface area contributed by atoms with Crippen LogP contribution in [0.25, 0.3) is 0 Å². The summed E-state index contributed by atoms with van der Waals surface area (Å²) in [6.07, 6.45) is 0.965. The van der Waals surface area contributed by atoms with E-state index in [1.807, 2.05) is 0 Å². The highest BCUT2D eigenvalue weighted by Crippen LogP contribution is 2.22. The number of amides is 1. The van der Waals surface area contributed by atoms with Crippen molar-refractivity contribution in [3.63, 3.8) is 0 Å². The van der Waals surface area contributed by atoms with Crippen LogP contribution in [0.1, 0.15) is 27.2 Å². The summed E-state index contributed by atoms with van der Waals surface area (Å²) in [7, 11) is 0. The molecule has 0 aliphatic carbocycles. The van der Waals surface area contributed by atoms with E-state index in [1.165, 1.54) is 0 Å². The van der Waals surface area contributed by atoms with Gasteiger partial charge in [0.15, 0.2) is 0 Å². The molecule has 86 valence electrons. The molecular weight excluding hydrogens is 194 g/mol. The second-order valence-electron chi connectivity index (χ2n) is 4.21. The first-order valence-electron chi connectivity index (χ1n) is 5.52. The normalized spacial score (nSPS) is 26.2. The van der Waals surface area contributed by atoms with Crippen LogP contribution < -0.4 is 0 Å². The minimum Gasteiger partial charge on any atom is -0.459 e. The minimum atomic E-state index is -0.723. The molecule has 2 unspecified atom stereocenters. The number of rotatable bonds is 1. The van der Waals surface area contributed by atoms with E-state index < -0.39 is 11.9 Å². The van der Waals surface area contributed by atoms with Gasteiger partial charge in [-0.2, -0.15) is 0 Å². The Morgan fingerprint density at radius 1 is 1.33 bits per heavy atom. The third-order valence-electron chi connectivity index (χ3n) is 3.07. The van der Waals surface area contributed by atoms with Crippen molar-refractivity contribution in [2.45, 2.75) is 27.2 Å². The molecule has 1 heterocycles. The molecule has 1 rings (SSSR count). The lowest BCUT2D eigenvalue weighted by molar-refractivity contribution is -0.161. The lowest BCUT2D eigenvalue weighted by atomic mass is 9.89. The van der Waals surface area contributed by atoms with Gasteiger partial charge in [-0.05, 0) is 25.2 Å². The molecule has 1 fully saturated rings. The predicted octanol–water partition coefficient (Wildman–Crippen LogP) is 1.05. The highest BCUT2D eigenvalue weighted by atomic mass is 16.5. The summed E-state index contributed by atoms with van der Waals surface area (Å²) in [5.74, 6) is -0.136. The molecule has 0 bridgehead atoms. The maximum atomic E-state index is 11.6. The van der Waals surface area contributed by atoms with E-state index >= 15 is 0 Å². The Balaban J connectivity index is 2.51. The lowest BCUT2D eigenvalue weighted by Crippen LogP contribution is -2.45. The molecule has 0 N–H and O–H groups in total. The summed E-state index contributed by atoms with van der Waals surface area (Å²) < 4.78 is 4.69. The van der Waals surface area contributed by atoms with Crippen LogP contribution in [0.3, 0.4) is 0 Å². The fraction of sp³-hybridized carbons (Fsp3) is 0.818. The average Bonchev–Trinajstić information content (AvgIpc) is 2.21. The number of nitrogens with zero attached hydrogens (tertiary/aromatic N) is 1. The quantitative estimate of drug-likeness (QED) is 0.483. The van der Waals surface area contributed by atoms with Gasteiger partial charge in [-0.1, -0.05) is 13.8 Å². The number of hydrogen-bond acceptors (Lipinski definition) is 3. The lowest BCUT2D eigenvalue weighted by Gasteiger charge is -2.34. The van der Waals surface area contributed by atoms with Gasteiger partial charge < -0.3 is 9.64 Å². The summed E-state index contributed by atoms with van der Waals surface area (Å²) in [5.41, 5.74) is 0. The third-order valence-corrected chi connectivity index (χ3v) is 3.07. The highest BCUT2D eigenvalue weighted by Gasteiger charge is 2.29. The summed E-state index contributed by atoms with van der Waals surface area (Å²) >= 11 is 0. The van der Waals surface area contributed by atoms with Crippen LogP contribution in [-0.2, 0) is 14.3 Å². The summed E-state index contributed by atoms with van der Waals surface area (Å²) in [6, 6.07) is 0. The molecule has 15 heavy (non-hydrogen) atoms. The van der Waals surface area contributed by atoms with Crippen molar-refractivity contribution in [1.82, 2.24) is 4.90 Å². The van der Waals surface area contributed by atoms with E-state index in [1.54, 1.807) is 11.8 Å². The second-order valence-corrected chi connectivity index (χ2v) is 4.21. The SMILES string of the molecule is CCOC(=O)C(=O)N1CCC(C)C(C)C1. The van der Waals surface area contributed by atoms with Crippen molar-refractivity contribution in [3.05, 3.63) is 0 Å². The van der Waals surface area contributed by atoms with Crippen LogP contribution in [-0.4, -0.2) is 36.5 Å². The van der Waals surface area contributed by atoms with Gasteiger partial charge in [0.1, 0.15) is 0 Å². The van der Waals surface area contributed by atoms with Crippen molar-refractivity contribution in [2.24, 2.45) is 11.8 Å². The third kappa shape index (κ3) is 2.94. The first kappa shape index (κ1) is 12.0. The maximum absolute atomic E-state index is 11.6. The zero-order valence-corrected chi connectivity index (χ0v) is 9.66. The Labute approximate surface area is 90.6 Å². The van der Waals surface area contributed by atoms with E-state index in [2.05, 4.69) is 18.6 Å². The van der Waals surface area contributed by atoms with E-state index in [0.717, 1.165) is 6.42 Å².